The van der Waals surface area contributed by atoms with Gasteiger partial charge in [-0.05, 0) is 42.0 Å². The molecule has 0 bridgehead atoms. The largest absolute Gasteiger partial charge is 0.493 e. The maximum absolute atomic E-state index is 13.4. The van der Waals surface area contributed by atoms with Crippen molar-refractivity contribution in [3.63, 3.8) is 0 Å². The summed E-state index contributed by atoms with van der Waals surface area (Å²) in [7, 11) is -1.19. The first-order chi connectivity index (χ1) is 16.3. The summed E-state index contributed by atoms with van der Waals surface area (Å²) in [4.78, 5) is 12.7. The predicted octanol–water partition coefficient (Wildman–Crippen LogP) is 4.36. The van der Waals surface area contributed by atoms with Crippen LogP contribution in [0.4, 0.5) is 5.69 Å². The lowest BCUT2D eigenvalue weighted by Crippen LogP contribution is -2.39. The first kappa shape index (κ1) is 25.4. The number of halogens is 2. The molecule has 0 fully saturated rings. The van der Waals surface area contributed by atoms with E-state index < -0.39 is 22.5 Å². The number of benzene rings is 3. The van der Waals surface area contributed by atoms with Gasteiger partial charge in [-0.1, -0.05) is 47.5 Å². The molecular formula is C23H21Cl2N3O5S. The Bertz CT molecular complexity index is 1300. The maximum atomic E-state index is 13.4. The Morgan fingerprint density at radius 3 is 2.32 bits per heavy atom. The Labute approximate surface area is 207 Å². The van der Waals surface area contributed by atoms with E-state index in [1.165, 1.54) is 44.7 Å². The van der Waals surface area contributed by atoms with Gasteiger partial charge in [0.1, 0.15) is 6.54 Å². The summed E-state index contributed by atoms with van der Waals surface area (Å²) in [6, 6.07) is 17.2. The summed E-state index contributed by atoms with van der Waals surface area (Å²) < 4.78 is 38.3. The van der Waals surface area contributed by atoms with Gasteiger partial charge >= 0.3 is 0 Å². The van der Waals surface area contributed by atoms with Crippen molar-refractivity contribution in [3.8, 4) is 11.5 Å². The predicted molar refractivity (Wildman–Crippen MR) is 133 cm³/mol. The summed E-state index contributed by atoms with van der Waals surface area (Å²) in [5, 5.41) is 4.61. The van der Waals surface area contributed by atoms with Crippen molar-refractivity contribution in [1.82, 2.24) is 5.43 Å². The topological polar surface area (TPSA) is 97.3 Å². The smallest absolute Gasteiger partial charge is 0.264 e. The summed E-state index contributed by atoms with van der Waals surface area (Å²) in [5.74, 6) is 0.0656. The fraction of sp³-hybridized carbons (Fsp3) is 0.130. The zero-order valence-electron chi connectivity index (χ0n) is 18.2. The molecule has 0 unspecified atom stereocenters. The van der Waals surface area contributed by atoms with Gasteiger partial charge in [0, 0.05) is 6.07 Å². The van der Waals surface area contributed by atoms with Gasteiger partial charge in [-0.3, -0.25) is 9.10 Å². The van der Waals surface area contributed by atoms with E-state index in [2.05, 4.69) is 10.5 Å². The number of nitrogens with zero attached hydrogens (tertiary/aromatic N) is 2. The monoisotopic (exact) mass is 521 g/mol. The Hall–Kier alpha value is -3.27. The Balaban J connectivity index is 1.89. The third kappa shape index (κ3) is 5.99. The molecule has 0 aromatic heterocycles. The molecule has 0 aliphatic rings. The fourth-order valence-electron chi connectivity index (χ4n) is 2.95. The first-order valence-corrected chi connectivity index (χ1v) is 12.0. The molecule has 34 heavy (non-hydrogen) atoms. The molecule has 0 saturated heterocycles. The Kier molecular flexibility index (Phi) is 8.38. The highest BCUT2D eigenvalue weighted by Gasteiger charge is 2.28. The molecule has 1 N–H and O–H groups in total. The van der Waals surface area contributed by atoms with E-state index in [4.69, 9.17) is 32.7 Å². The molecule has 0 heterocycles. The van der Waals surface area contributed by atoms with Gasteiger partial charge in [-0.15, -0.1) is 0 Å². The number of sulfonamides is 1. The summed E-state index contributed by atoms with van der Waals surface area (Å²) >= 11 is 11.9. The lowest BCUT2D eigenvalue weighted by molar-refractivity contribution is -0.119. The second-order valence-electron chi connectivity index (χ2n) is 6.83. The minimum absolute atomic E-state index is 0.0249. The number of rotatable bonds is 9. The van der Waals surface area contributed by atoms with Crippen LogP contribution in [0.25, 0.3) is 0 Å². The second-order valence-corrected chi connectivity index (χ2v) is 9.51. The molecule has 0 saturated carbocycles. The third-order valence-electron chi connectivity index (χ3n) is 4.62. The molecule has 8 nitrogen and oxygen atoms in total. The number of hydrogen-bond acceptors (Lipinski definition) is 6. The fourth-order valence-corrected chi connectivity index (χ4v) is 4.69. The number of hydrogen-bond donors (Lipinski definition) is 1. The summed E-state index contributed by atoms with van der Waals surface area (Å²) in [6.07, 6.45) is 1.37. The minimum atomic E-state index is -4.09. The van der Waals surface area contributed by atoms with Crippen LogP contribution in [-0.2, 0) is 14.8 Å². The Morgan fingerprint density at radius 1 is 0.971 bits per heavy atom. The van der Waals surface area contributed by atoms with Crippen LogP contribution in [0.15, 0.2) is 76.7 Å². The zero-order chi connectivity index (χ0) is 24.7. The van der Waals surface area contributed by atoms with E-state index in [1.54, 1.807) is 42.5 Å². The van der Waals surface area contributed by atoms with Crippen molar-refractivity contribution in [2.45, 2.75) is 4.90 Å². The van der Waals surface area contributed by atoms with Crippen molar-refractivity contribution in [1.29, 1.82) is 0 Å². The van der Waals surface area contributed by atoms with Gasteiger partial charge in [0.15, 0.2) is 11.5 Å². The first-order valence-electron chi connectivity index (χ1n) is 9.83. The number of carbonyl (C=O) groups is 1. The molecule has 3 aromatic carbocycles. The molecule has 0 spiro atoms. The molecular weight excluding hydrogens is 501 g/mol. The highest BCUT2D eigenvalue weighted by atomic mass is 35.5. The standard InChI is InChI=1S/C23H21Cl2N3O5S/c1-32-21-11-9-17(13-22(21)33-2)28(34(30,31)18-6-4-3-5-7-18)15-23(29)27-26-14-16-8-10-19(24)20(25)12-16/h3-14H,15H2,1-2H3,(H,27,29)/b26-14-. The van der Waals surface area contributed by atoms with E-state index in [0.29, 0.717) is 27.1 Å². The summed E-state index contributed by atoms with van der Waals surface area (Å²) in [6.45, 7) is -0.536. The van der Waals surface area contributed by atoms with E-state index in [-0.39, 0.29) is 10.6 Å². The minimum Gasteiger partial charge on any atom is -0.493 e. The lowest BCUT2D eigenvalue weighted by atomic mass is 10.2. The van der Waals surface area contributed by atoms with Crippen LogP contribution in [0.3, 0.4) is 0 Å². The normalized spacial score (nSPS) is 11.3. The quantitative estimate of drug-likeness (QED) is 0.333. The highest BCUT2D eigenvalue weighted by Crippen LogP contribution is 2.33. The van der Waals surface area contributed by atoms with Crippen LogP contribution in [0.5, 0.6) is 11.5 Å². The average Bonchev–Trinajstić information content (AvgIpc) is 2.84. The third-order valence-corrected chi connectivity index (χ3v) is 7.15. The van der Waals surface area contributed by atoms with Gasteiger partial charge in [0.25, 0.3) is 15.9 Å². The van der Waals surface area contributed by atoms with Crippen molar-refractivity contribution in [2.75, 3.05) is 25.1 Å². The van der Waals surface area contributed by atoms with Crippen molar-refractivity contribution in [3.05, 3.63) is 82.3 Å². The van der Waals surface area contributed by atoms with E-state index in [0.717, 1.165) is 4.31 Å². The van der Waals surface area contributed by atoms with Crippen molar-refractivity contribution in [2.24, 2.45) is 5.10 Å². The van der Waals surface area contributed by atoms with Crippen LogP contribution in [-0.4, -0.2) is 41.3 Å². The van der Waals surface area contributed by atoms with Crippen molar-refractivity contribution < 1.29 is 22.7 Å². The van der Waals surface area contributed by atoms with E-state index in [9.17, 15) is 13.2 Å². The molecule has 0 atom stereocenters. The van der Waals surface area contributed by atoms with Gasteiger partial charge < -0.3 is 9.47 Å². The van der Waals surface area contributed by atoms with Crippen LogP contribution < -0.4 is 19.2 Å². The maximum Gasteiger partial charge on any atom is 0.264 e. The highest BCUT2D eigenvalue weighted by molar-refractivity contribution is 7.92. The molecule has 3 aromatic rings. The van der Waals surface area contributed by atoms with Crippen LogP contribution >= 0.6 is 23.2 Å². The molecule has 0 aliphatic carbocycles. The molecule has 0 aliphatic heterocycles. The summed E-state index contributed by atoms with van der Waals surface area (Å²) in [5.41, 5.74) is 3.15. The van der Waals surface area contributed by atoms with Crippen LogP contribution in [0, 0.1) is 0 Å². The van der Waals surface area contributed by atoms with Crippen molar-refractivity contribution >= 4 is 51.0 Å². The number of amides is 1. The second kappa shape index (κ2) is 11.2. The molecule has 1 amide bonds. The molecule has 11 heteroatoms. The van der Waals surface area contributed by atoms with E-state index in [1.807, 2.05) is 0 Å². The Morgan fingerprint density at radius 2 is 1.68 bits per heavy atom. The van der Waals surface area contributed by atoms with Gasteiger partial charge in [0.2, 0.25) is 0 Å². The van der Waals surface area contributed by atoms with Crippen LogP contribution in [0.2, 0.25) is 10.0 Å². The number of ether oxygens (including phenoxy) is 2. The molecule has 0 radical (unpaired) electrons. The zero-order valence-corrected chi connectivity index (χ0v) is 20.6. The van der Waals surface area contributed by atoms with Gasteiger partial charge in [-0.2, -0.15) is 5.10 Å². The SMILES string of the molecule is COc1ccc(N(CC(=O)N/N=C\c2ccc(Cl)c(Cl)c2)S(=O)(=O)c2ccccc2)cc1OC. The number of nitrogens with one attached hydrogen (secondary N) is 1. The number of carbonyl (C=O) groups excluding carboxylic acids is 1. The molecule has 178 valence electrons. The number of methoxy groups -OCH3 is 2. The lowest BCUT2D eigenvalue weighted by Gasteiger charge is -2.24. The van der Waals surface area contributed by atoms with Crippen LogP contribution in [0.1, 0.15) is 5.56 Å². The van der Waals surface area contributed by atoms with Gasteiger partial charge in [-0.25, -0.2) is 13.8 Å². The van der Waals surface area contributed by atoms with Gasteiger partial charge in [0.05, 0.1) is 41.1 Å². The molecule has 3 rings (SSSR count). The number of hydrazone groups is 1. The van der Waals surface area contributed by atoms with E-state index >= 15 is 0 Å². The average molecular weight is 522 g/mol. The number of anilines is 1.